The van der Waals surface area contributed by atoms with E-state index in [1.54, 1.807) is 0 Å². The molecule has 2 rings (SSSR count). The van der Waals surface area contributed by atoms with Gasteiger partial charge in [-0.25, -0.2) is 0 Å². The summed E-state index contributed by atoms with van der Waals surface area (Å²) in [5.41, 5.74) is 0. The van der Waals surface area contributed by atoms with Crippen molar-refractivity contribution < 1.29 is 9.53 Å². The first-order valence-electron chi connectivity index (χ1n) is 5.69. The maximum atomic E-state index is 12.0. The molecule has 1 aliphatic rings. The lowest BCUT2D eigenvalue weighted by Gasteiger charge is -2.34. The van der Waals surface area contributed by atoms with Crippen molar-refractivity contribution in [2.75, 3.05) is 6.61 Å². The predicted octanol–water partition coefficient (Wildman–Crippen LogP) is 4.55. The Morgan fingerprint density at radius 2 is 2.35 bits per heavy atom. The largest absolute Gasteiger partial charge is 0.378 e. The van der Waals surface area contributed by atoms with Gasteiger partial charge in [-0.3, -0.25) is 4.79 Å². The van der Waals surface area contributed by atoms with Gasteiger partial charge in [0.1, 0.15) is 4.34 Å². The summed E-state index contributed by atoms with van der Waals surface area (Å²) in [6.45, 7) is 2.77. The lowest BCUT2D eigenvalue weighted by molar-refractivity contribution is -0.0245. The molecule has 0 atom stereocenters. The molecule has 0 amide bonds. The minimum absolute atomic E-state index is 0.197. The molecule has 0 aromatic carbocycles. The van der Waals surface area contributed by atoms with Crippen LogP contribution in [0.5, 0.6) is 0 Å². The highest BCUT2D eigenvalue weighted by Crippen LogP contribution is 2.36. The first-order valence-corrected chi connectivity index (χ1v) is 7.68. The summed E-state index contributed by atoms with van der Waals surface area (Å²) >= 11 is 10.6. The van der Waals surface area contributed by atoms with E-state index in [-0.39, 0.29) is 5.78 Å². The zero-order chi connectivity index (χ0) is 12.4. The van der Waals surface area contributed by atoms with Crippen molar-refractivity contribution in [1.82, 2.24) is 0 Å². The summed E-state index contributed by atoms with van der Waals surface area (Å²) < 4.78 is 6.94. The second kappa shape index (κ2) is 5.83. The van der Waals surface area contributed by atoms with Gasteiger partial charge in [0.25, 0.3) is 0 Å². The van der Waals surface area contributed by atoms with Crippen LogP contribution in [0.25, 0.3) is 0 Å². The van der Waals surface area contributed by atoms with Crippen molar-refractivity contribution in [1.29, 1.82) is 0 Å². The monoisotopic (exact) mass is 336 g/mol. The summed E-state index contributed by atoms with van der Waals surface area (Å²) in [6.07, 6.45) is 3.02. The first kappa shape index (κ1) is 13.5. The average molecular weight is 338 g/mol. The summed E-state index contributed by atoms with van der Waals surface area (Å²) in [5.74, 6) is 0.682. The van der Waals surface area contributed by atoms with E-state index in [0.29, 0.717) is 22.8 Å². The Labute approximate surface area is 118 Å². The topological polar surface area (TPSA) is 26.3 Å². The number of halogens is 2. The van der Waals surface area contributed by atoms with E-state index in [9.17, 15) is 4.79 Å². The van der Waals surface area contributed by atoms with E-state index < -0.39 is 0 Å². The van der Waals surface area contributed by atoms with Gasteiger partial charge >= 0.3 is 0 Å². The van der Waals surface area contributed by atoms with Gasteiger partial charge in [0.05, 0.1) is 11.0 Å². The highest BCUT2D eigenvalue weighted by Gasteiger charge is 2.31. The Morgan fingerprint density at radius 1 is 1.65 bits per heavy atom. The highest BCUT2D eigenvalue weighted by molar-refractivity contribution is 9.10. The normalized spacial score (nSPS) is 23.5. The van der Waals surface area contributed by atoms with E-state index in [1.807, 2.05) is 13.0 Å². The van der Waals surface area contributed by atoms with Gasteiger partial charge < -0.3 is 4.74 Å². The van der Waals surface area contributed by atoms with E-state index >= 15 is 0 Å². The van der Waals surface area contributed by atoms with Crippen molar-refractivity contribution >= 4 is 44.7 Å². The van der Waals surface area contributed by atoms with Crippen LogP contribution in [-0.2, 0) is 4.74 Å². The smallest absolute Gasteiger partial charge is 0.173 e. The zero-order valence-corrected chi connectivity index (χ0v) is 12.7. The van der Waals surface area contributed by atoms with Gasteiger partial charge in [-0.05, 0) is 47.7 Å². The fourth-order valence-electron chi connectivity index (χ4n) is 2.06. The van der Waals surface area contributed by atoms with Gasteiger partial charge in [0, 0.05) is 17.5 Å². The van der Waals surface area contributed by atoms with Crippen LogP contribution in [0, 0.1) is 5.92 Å². The summed E-state index contributed by atoms with van der Waals surface area (Å²) in [5, 5.41) is 0. The van der Waals surface area contributed by atoms with Gasteiger partial charge in [-0.15, -0.1) is 11.3 Å². The third-order valence-electron chi connectivity index (χ3n) is 2.99. The minimum Gasteiger partial charge on any atom is -0.378 e. The standard InChI is InChI=1S/C12H14BrClO2S/c1-2-16-8-3-7(4-8)5-10(15)11-6-9(13)12(14)17-11/h6-8H,2-5H2,1H3. The molecule has 0 unspecified atom stereocenters. The second-order valence-corrected chi connectivity index (χ2v) is 6.78. The molecule has 94 valence electrons. The molecule has 0 N–H and O–H groups in total. The summed E-state index contributed by atoms with van der Waals surface area (Å²) in [7, 11) is 0. The molecule has 0 bridgehead atoms. The maximum Gasteiger partial charge on any atom is 0.173 e. The SMILES string of the molecule is CCOC1CC(CC(=O)c2cc(Br)c(Cl)s2)C1. The quantitative estimate of drug-likeness (QED) is 0.737. The number of hydrogen-bond donors (Lipinski definition) is 0. The fourth-order valence-corrected chi connectivity index (χ4v) is 3.71. The Balaban J connectivity index is 1.83. The van der Waals surface area contributed by atoms with Gasteiger partial charge in [-0.2, -0.15) is 0 Å². The van der Waals surface area contributed by atoms with Crippen molar-refractivity contribution in [2.24, 2.45) is 5.92 Å². The van der Waals surface area contributed by atoms with Crippen molar-refractivity contribution in [3.8, 4) is 0 Å². The molecular weight excluding hydrogens is 324 g/mol. The minimum atomic E-state index is 0.197. The average Bonchev–Trinajstić information content (AvgIpc) is 2.56. The number of Topliss-reactive ketones (excluding diaryl/α,β-unsaturated/α-hetero) is 1. The third-order valence-corrected chi connectivity index (χ3v) is 5.50. The predicted molar refractivity (Wildman–Crippen MR) is 74.1 cm³/mol. The van der Waals surface area contributed by atoms with Crippen molar-refractivity contribution in [3.05, 3.63) is 19.8 Å². The number of carbonyl (C=O) groups excluding carboxylic acids is 1. The molecule has 1 aromatic rings. The van der Waals surface area contributed by atoms with Crippen LogP contribution in [0.4, 0.5) is 0 Å². The van der Waals surface area contributed by atoms with Crippen LogP contribution in [0.1, 0.15) is 35.9 Å². The van der Waals surface area contributed by atoms with Crippen LogP contribution in [-0.4, -0.2) is 18.5 Å². The molecule has 2 nitrogen and oxygen atoms in total. The number of ketones is 1. The number of hydrogen-bond acceptors (Lipinski definition) is 3. The summed E-state index contributed by atoms with van der Waals surface area (Å²) in [6, 6.07) is 1.81. The molecule has 0 radical (unpaired) electrons. The zero-order valence-electron chi connectivity index (χ0n) is 9.54. The molecule has 1 aromatic heterocycles. The Kier molecular flexibility index (Phi) is 4.64. The number of ether oxygens (including phenoxy) is 1. The maximum absolute atomic E-state index is 12.0. The fraction of sp³-hybridized carbons (Fsp3) is 0.583. The third kappa shape index (κ3) is 3.31. The lowest BCUT2D eigenvalue weighted by Crippen LogP contribution is -2.32. The second-order valence-electron chi connectivity index (χ2n) is 4.27. The molecule has 1 saturated carbocycles. The molecule has 5 heteroatoms. The molecule has 0 saturated heterocycles. The number of thiophene rings is 1. The van der Waals surface area contributed by atoms with Gasteiger partial charge in [0.15, 0.2) is 5.78 Å². The molecule has 1 heterocycles. The molecule has 1 fully saturated rings. The van der Waals surface area contributed by atoms with Crippen LogP contribution < -0.4 is 0 Å². The highest BCUT2D eigenvalue weighted by atomic mass is 79.9. The summed E-state index contributed by atoms with van der Waals surface area (Å²) in [4.78, 5) is 12.7. The van der Waals surface area contributed by atoms with Crippen molar-refractivity contribution in [2.45, 2.75) is 32.3 Å². The van der Waals surface area contributed by atoms with E-state index in [4.69, 9.17) is 16.3 Å². The molecular formula is C12H14BrClO2S. The van der Waals surface area contributed by atoms with Crippen LogP contribution >= 0.6 is 38.9 Å². The Hall–Kier alpha value is 0.1000. The van der Waals surface area contributed by atoms with E-state index in [0.717, 1.165) is 28.8 Å². The van der Waals surface area contributed by atoms with E-state index in [1.165, 1.54) is 11.3 Å². The first-order chi connectivity index (χ1) is 8.10. The number of rotatable bonds is 5. The van der Waals surface area contributed by atoms with Crippen molar-refractivity contribution in [3.63, 3.8) is 0 Å². The lowest BCUT2D eigenvalue weighted by atomic mass is 9.79. The van der Waals surface area contributed by atoms with Crippen LogP contribution in [0.15, 0.2) is 10.5 Å². The van der Waals surface area contributed by atoms with E-state index in [2.05, 4.69) is 15.9 Å². The van der Waals surface area contributed by atoms with Crippen LogP contribution in [0.2, 0.25) is 4.34 Å². The molecule has 1 aliphatic carbocycles. The number of carbonyl (C=O) groups is 1. The Bertz CT molecular complexity index is 393. The Morgan fingerprint density at radius 3 is 2.88 bits per heavy atom. The molecule has 0 spiro atoms. The molecule has 17 heavy (non-hydrogen) atoms. The van der Waals surface area contributed by atoms with Gasteiger partial charge in [0.2, 0.25) is 0 Å². The van der Waals surface area contributed by atoms with Gasteiger partial charge in [-0.1, -0.05) is 11.6 Å². The van der Waals surface area contributed by atoms with Crippen LogP contribution in [0.3, 0.4) is 0 Å². The molecule has 0 aliphatic heterocycles.